The highest BCUT2D eigenvalue weighted by Crippen LogP contribution is 2.24. The van der Waals surface area contributed by atoms with E-state index in [9.17, 15) is 4.79 Å². The van der Waals surface area contributed by atoms with Crippen LogP contribution in [0.2, 0.25) is 5.02 Å². The van der Waals surface area contributed by atoms with E-state index >= 15 is 0 Å². The molecule has 0 bridgehead atoms. The average Bonchev–Trinajstić information content (AvgIpc) is 2.79. The van der Waals surface area contributed by atoms with Crippen LogP contribution in [-0.2, 0) is 11.3 Å². The quantitative estimate of drug-likeness (QED) is 0.685. The van der Waals surface area contributed by atoms with Gasteiger partial charge in [0.05, 0.1) is 11.6 Å². The van der Waals surface area contributed by atoms with Crippen LogP contribution in [0, 0.1) is 5.92 Å². The fraction of sp³-hybridized carbons (Fsp3) is 0.261. The van der Waals surface area contributed by atoms with E-state index in [-0.39, 0.29) is 11.8 Å². The zero-order chi connectivity index (χ0) is 20.1. The second kappa shape index (κ2) is 9.05. The lowest BCUT2D eigenvalue weighted by Gasteiger charge is -2.32. The summed E-state index contributed by atoms with van der Waals surface area (Å²) in [6.07, 6.45) is 1.83. The Kier molecular flexibility index (Phi) is 6.06. The number of amides is 1. The van der Waals surface area contributed by atoms with Gasteiger partial charge in [-0.3, -0.25) is 4.79 Å². The van der Waals surface area contributed by atoms with Gasteiger partial charge >= 0.3 is 0 Å². The summed E-state index contributed by atoms with van der Waals surface area (Å²) in [6, 6.07) is 21.5. The van der Waals surface area contributed by atoms with Crippen molar-refractivity contribution in [3.05, 3.63) is 77.3 Å². The third-order valence-electron chi connectivity index (χ3n) is 5.25. The lowest BCUT2D eigenvalue weighted by Crippen LogP contribution is -2.43. The van der Waals surface area contributed by atoms with E-state index in [2.05, 4.69) is 20.4 Å². The molecule has 0 saturated carbocycles. The standard InChI is InChI=1S/C23H23ClN4O/c24-20-11-5-4-9-18(20)15-25-23(29)19-10-6-14-28(16-19)22-13-12-21(26-27-22)17-7-2-1-3-8-17/h1-5,7-9,11-13,19H,6,10,14-16H2,(H,25,29)/t19-/m0/s1. The monoisotopic (exact) mass is 406 g/mol. The number of rotatable bonds is 5. The average molecular weight is 407 g/mol. The Labute approximate surface area is 175 Å². The predicted molar refractivity (Wildman–Crippen MR) is 116 cm³/mol. The van der Waals surface area contributed by atoms with Gasteiger partial charge in [-0.1, -0.05) is 60.1 Å². The first-order chi connectivity index (χ1) is 14.2. The number of anilines is 1. The van der Waals surface area contributed by atoms with E-state index < -0.39 is 0 Å². The van der Waals surface area contributed by atoms with Gasteiger partial charge in [0.25, 0.3) is 0 Å². The lowest BCUT2D eigenvalue weighted by atomic mass is 9.97. The number of carbonyl (C=O) groups excluding carboxylic acids is 1. The van der Waals surface area contributed by atoms with E-state index in [0.29, 0.717) is 18.1 Å². The zero-order valence-corrected chi connectivity index (χ0v) is 16.8. The van der Waals surface area contributed by atoms with Crippen LogP contribution in [0.15, 0.2) is 66.7 Å². The Bertz CT molecular complexity index is 962. The number of carbonyl (C=O) groups is 1. The fourth-order valence-corrected chi connectivity index (χ4v) is 3.83. The van der Waals surface area contributed by atoms with Gasteiger partial charge in [-0.15, -0.1) is 10.2 Å². The smallest absolute Gasteiger partial charge is 0.225 e. The van der Waals surface area contributed by atoms with Gasteiger partial charge in [-0.05, 0) is 36.6 Å². The molecule has 0 unspecified atom stereocenters. The maximum Gasteiger partial charge on any atom is 0.225 e. The van der Waals surface area contributed by atoms with Crippen molar-refractivity contribution in [2.45, 2.75) is 19.4 Å². The molecule has 1 aliphatic heterocycles. The van der Waals surface area contributed by atoms with Crippen LogP contribution in [0.1, 0.15) is 18.4 Å². The molecule has 1 amide bonds. The largest absolute Gasteiger partial charge is 0.354 e. The topological polar surface area (TPSA) is 58.1 Å². The molecule has 148 valence electrons. The van der Waals surface area contributed by atoms with Crippen LogP contribution < -0.4 is 10.2 Å². The molecule has 2 heterocycles. The van der Waals surface area contributed by atoms with Gasteiger partial charge in [0.2, 0.25) is 5.91 Å². The molecule has 3 aromatic rings. The second-order valence-electron chi connectivity index (χ2n) is 7.24. The van der Waals surface area contributed by atoms with Gasteiger partial charge < -0.3 is 10.2 Å². The van der Waals surface area contributed by atoms with E-state index in [1.165, 1.54) is 0 Å². The summed E-state index contributed by atoms with van der Waals surface area (Å²) in [5.41, 5.74) is 2.82. The van der Waals surface area contributed by atoms with Crippen molar-refractivity contribution in [1.82, 2.24) is 15.5 Å². The molecule has 29 heavy (non-hydrogen) atoms. The maximum absolute atomic E-state index is 12.7. The number of benzene rings is 2. The molecule has 1 saturated heterocycles. The minimum atomic E-state index is -0.0677. The number of hydrogen-bond acceptors (Lipinski definition) is 4. The van der Waals surface area contributed by atoms with Gasteiger partial charge in [0.15, 0.2) is 5.82 Å². The van der Waals surface area contributed by atoms with Gasteiger partial charge in [0, 0.05) is 30.2 Å². The van der Waals surface area contributed by atoms with Crippen molar-refractivity contribution in [2.75, 3.05) is 18.0 Å². The second-order valence-corrected chi connectivity index (χ2v) is 7.64. The molecule has 1 atom stereocenters. The number of nitrogens with one attached hydrogen (secondary N) is 1. The van der Waals surface area contributed by atoms with E-state index in [1.54, 1.807) is 0 Å². The van der Waals surface area contributed by atoms with Crippen LogP contribution in [0.3, 0.4) is 0 Å². The minimum absolute atomic E-state index is 0.0588. The molecule has 1 fully saturated rings. The van der Waals surface area contributed by atoms with Crippen LogP contribution in [0.25, 0.3) is 11.3 Å². The normalized spacial score (nSPS) is 16.4. The molecule has 5 nitrogen and oxygen atoms in total. The highest BCUT2D eigenvalue weighted by atomic mass is 35.5. The first kappa shape index (κ1) is 19.4. The summed E-state index contributed by atoms with van der Waals surface area (Å²) in [5, 5.41) is 12.5. The van der Waals surface area contributed by atoms with Gasteiger partial charge in [0.1, 0.15) is 0 Å². The van der Waals surface area contributed by atoms with Crippen molar-refractivity contribution in [2.24, 2.45) is 5.92 Å². The van der Waals surface area contributed by atoms with Crippen molar-refractivity contribution in [3.63, 3.8) is 0 Å². The molecule has 1 N–H and O–H groups in total. The highest BCUT2D eigenvalue weighted by Gasteiger charge is 2.26. The van der Waals surface area contributed by atoms with Crippen LogP contribution in [0.5, 0.6) is 0 Å². The van der Waals surface area contributed by atoms with Crippen molar-refractivity contribution in [3.8, 4) is 11.3 Å². The summed E-state index contributed by atoms with van der Waals surface area (Å²) in [6.45, 7) is 1.97. The van der Waals surface area contributed by atoms with E-state index in [1.807, 2.05) is 66.7 Å². The third-order valence-corrected chi connectivity index (χ3v) is 5.62. The summed E-state index contributed by atoms with van der Waals surface area (Å²) in [7, 11) is 0. The van der Waals surface area contributed by atoms with Crippen molar-refractivity contribution >= 4 is 23.3 Å². The number of halogens is 1. The number of piperidine rings is 1. The highest BCUT2D eigenvalue weighted by molar-refractivity contribution is 6.31. The molecule has 0 radical (unpaired) electrons. The van der Waals surface area contributed by atoms with Crippen molar-refractivity contribution < 1.29 is 4.79 Å². The molecule has 2 aromatic carbocycles. The van der Waals surface area contributed by atoms with Gasteiger partial charge in [-0.25, -0.2) is 0 Å². The molecular weight excluding hydrogens is 384 g/mol. The first-order valence-corrected chi connectivity index (χ1v) is 10.2. The summed E-state index contributed by atoms with van der Waals surface area (Å²) < 4.78 is 0. The predicted octanol–water partition coefficient (Wildman–Crippen LogP) is 4.33. The maximum atomic E-state index is 12.7. The molecule has 0 spiro atoms. The van der Waals surface area contributed by atoms with Crippen LogP contribution >= 0.6 is 11.6 Å². The summed E-state index contributed by atoms with van der Waals surface area (Å²) in [5.74, 6) is 0.804. The SMILES string of the molecule is O=C(NCc1ccccc1Cl)[C@H]1CCCN(c2ccc(-c3ccccc3)nn2)C1. The molecule has 6 heteroatoms. The Morgan fingerprint density at radius 2 is 1.83 bits per heavy atom. The Morgan fingerprint density at radius 3 is 2.59 bits per heavy atom. The van der Waals surface area contributed by atoms with E-state index in [4.69, 9.17) is 11.6 Å². The first-order valence-electron chi connectivity index (χ1n) is 9.86. The number of nitrogens with zero attached hydrogens (tertiary/aromatic N) is 3. The Balaban J connectivity index is 1.38. The molecule has 0 aliphatic carbocycles. The molecule has 1 aliphatic rings. The van der Waals surface area contributed by atoms with E-state index in [0.717, 1.165) is 42.0 Å². The Morgan fingerprint density at radius 1 is 1.03 bits per heavy atom. The number of aromatic nitrogens is 2. The molecule has 4 rings (SSSR count). The molecular formula is C23H23ClN4O. The lowest BCUT2D eigenvalue weighted by molar-refractivity contribution is -0.125. The fourth-order valence-electron chi connectivity index (χ4n) is 3.62. The van der Waals surface area contributed by atoms with Gasteiger partial charge in [-0.2, -0.15) is 0 Å². The van der Waals surface area contributed by atoms with Crippen molar-refractivity contribution in [1.29, 1.82) is 0 Å². The third kappa shape index (κ3) is 4.74. The zero-order valence-electron chi connectivity index (χ0n) is 16.1. The summed E-state index contributed by atoms with van der Waals surface area (Å²) >= 11 is 6.18. The summed E-state index contributed by atoms with van der Waals surface area (Å²) in [4.78, 5) is 14.8. The Hall–Kier alpha value is -2.92. The van der Waals surface area contributed by atoms with Crippen LogP contribution in [-0.4, -0.2) is 29.2 Å². The van der Waals surface area contributed by atoms with Crippen LogP contribution in [0.4, 0.5) is 5.82 Å². The molecule has 1 aromatic heterocycles. The minimum Gasteiger partial charge on any atom is -0.354 e. The number of hydrogen-bond donors (Lipinski definition) is 1.